The Morgan fingerprint density at radius 3 is 2.29 bits per heavy atom. The van der Waals surface area contributed by atoms with Crippen LogP contribution in [0.1, 0.15) is 43.2 Å². The van der Waals surface area contributed by atoms with E-state index in [1.54, 1.807) is 0 Å². The number of hydrogen-bond donors (Lipinski definition) is 1. The fourth-order valence-corrected chi connectivity index (χ4v) is 7.07. The first-order valence-electron chi connectivity index (χ1n) is 11.8. The number of nitrogens with one attached hydrogen (secondary N) is 1. The smallest absolute Gasteiger partial charge is 0.124 e. The fraction of sp³-hybridized carbons (Fsp3) is 0.429. The molecule has 4 saturated carbocycles. The van der Waals surface area contributed by atoms with Crippen molar-refractivity contribution >= 4 is 22.4 Å². The third kappa shape index (κ3) is 3.75. The van der Waals surface area contributed by atoms with Gasteiger partial charge in [0.1, 0.15) is 12.4 Å². The Kier molecular flexibility index (Phi) is 5.16. The number of halogens is 1. The molecule has 3 aromatic rings. The fourth-order valence-electron chi connectivity index (χ4n) is 6.88. The summed E-state index contributed by atoms with van der Waals surface area (Å²) in [7, 11) is 0. The molecule has 4 aliphatic carbocycles. The minimum atomic E-state index is 0.489. The van der Waals surface area contributed by atoms with Gasteiger partial charge in [0, 0.05) is 28.7 Å². The van der Waals surface area contributed by atoms with Gasteiger partial charge in [-0.05, 0) is 78.7 Å². The Morgan fingerprint density at radius 1 is 0.806 bits per heavy atom. The van der Waals surface area contributed by atoms with Gasteiger partial charge in [0.15, 0.2) is 0 Å². The molecule has 0 unspecified atom stereocenters. The van der Waals surface area contributed by atoms with Crippen LogP contribution in [0.25, 0.3) is 10.8 Å². The Labute approximate surface area is 189 Å². The lowest BCUT2D eigenvalue weighted by atomic mass is 9.54. The van der Waals surface area contributed by atoms with E-state index >= 15 is 0 Å². The molecule has 4 fully saturated rings. The molecule has 0 atom stereocenters. The second kappa shape index (κ2) is 8.15. The van der Waals surface area contributed by atoms with Gasteiger partial charge in [-0.15, -0.1) is 0 Å². The van der Waals surface area contributed by atoms with Crippen LogP contribution in [0.15, 0.2) is 60.7 Å². The van der Waals surface area contributed by atoms with Crippen molar-refractivity contribution in [2.24, 2.45) is 23.7 Å². The van der Waals surface area contributed by atoms with E-state index in [1.807, 2.05) is 24.3 Å². The highest BCUT2D eigenvalue weighted by Gasteiger charge is 2.47. The highest BCUT2D eigenvalue weighted by molar-refractivity contribution is 6.31. The number of ether oxygens (including phenoxy) is 1. The Hall–Kier alpha value is -2.03. The highest BCUT2D eigenvalue weighted by atomic mass is 35.5. The maximum Gasteiger partial charge on any atom is 0.124 e. The zero-order valence-electron chi connectivity index (χ0n) is 17.9. The summed E-state index contributed by atoms with van der Waals surface area (Å²) in [6.45, 7) is 1.36. The minimum absolute atomic E-state index is 0.489. The molecular weight excluding hydrogens is 402 g/mol. The summed E-state index contributed by atoms with van der Waals surface area (Å²) >= 11 is 6.37. The summed E-state index contributed by atoms with van der Waals surface area (Å²) in [6, 6.07) is 21.6. The molecule has 0 aliphatic heterocycles. The van der Waals surface area contributed by atoms with Crippen molar-refractivity contribution in [3.63, 3.8) is 0 Å². The van der Waals surface area contributed by atoms with Crippen molar-refractivity contribution in [3.05, 3.63) is 76.8 Å². The van der Waals surface area contributed by atoms with Gasteiger partial charge in [-0.3, -0.25) is 0 Å². The van der Waals surface area contributed by atoms with E-state index in [1.165, 1.54) is 48.4 Å². The van der Waals surface area contributed by atoms with Crippen LogP contribution in [-0.4, -0.2) is 6.04 Å². The SMILES string of the molecule is Clc1ccccc1COc1ccc2ccccc2c1CNC1C2CC3CC(C2)CC1C3. The summed E-state index contributed by atoms with van der Waals surface area (Å²) in [6.07, 6.45) is 7.27. The molecule has 0 amide bonds. The largest absolute Gasteiger partial charge is 0.488 e. The maximum absolute atomic E-state index is 6.37. The predicted octanol–water partition coefficient (Wildman–Crippen LogP) is 6.99. The summed E-state index contributed by atoms with van der Waals surface area (Å²) in [5.74, 6) is 4.73. The quantitative estimate of drug-likeness (QED) is 0.454. The normalized spacial score (nSPS) is 28.9. The molecule has 1 N–H and O–H groups in total. The number of fused-ring (bicyclic) bond motifs is 1. The first-order valence-corrected chi connectivity index (χ1v) is 12.2. The van der Waals surface area contributed by atoms with Gasteiger partial charge in [-0.2, -0.15) is 0 Å². The lowest BCUT2D eigenvalue weighted by molar-refractivity contribution is -0.0143. The van der Waals surface area contributed by atoms with Crippen molar-refractivity contribution in [3.8, 4) is 5.75 Å². The van der Waals surface area contributed by atoms with Gasteiger partial charge in [0.2, 0.25) is 0 Å². The van der Waals surface area contributed by atoms with Crippen LogP contribution in [0, 0.1) is 23.7 Å². The molecule has 0 heterocycles. The third-order valence-corrected chi connectivity index (χ3v) is 8.45. The molecular formula is C28H30ClNO. The first-order chi connectivity index (χ1) is 15.2. The average molecular weight is 432 g/mol. The Balaban J connectivity index is 1.26. The predicted molar refractivity (Wildman–Crippen MR) is 127 cm³/mol. The lowest BCUT2D eigenvalue weighted by Crippen LogP contribution is -2.54. The van der Waals surface area contributed by atoms with Gasteiger partial charge in [0.25, 0.3) is 0 Å². The molecule has 4 bridgehead atoms. The minimum Gasteiger partial charge on any atom is -0.488 e. The standard InChI is InChI=1S/C28H30ClNO/c29-26-8-4-2-6-21(26)17-31-27-10-9-20-5-1-3-7-24(20)25(27)16-30-28-22-12-18-11-19(14-22)15-23(28)13-18/h1-10,18-19,22-23,28,30H,11-17H2. The molecule has 0 aromatic heterocycles. The van der Waals surface area contributed by atoms with Crippen LogP contribution >= 0.6 is 11.6 Å². The van der Waals surface area contributed by atoms with Gasteiger partial charge >= 0.3 is 0 Å². The molecule has 0 saturated heterocycles. The van der Waals surface area contributed by atoms with Crippen LogP contribution in [0.2, 0.25) is 5.02 Å². The van der Waals surface area contributed by atoms with E-state index in [2.05, 4.69) is 41.7 Å². The summed E-state index contributed by atoms with van der Waals surface area (Å²) in [4.78, 5) is 0. The zero-order valence-corrected chi connectivity index (χ0v) is 18.7. The van der Waals surface area contributed by atoms with Crippen LogP contribution in [0.5, 0.6) is 5.75 Å². The highest BCUT2D eigenvalue weighted by Crippen LogP contribution is 2.53. The molecule has 160 valence electrons. The van der Waals surface area contributed by atoms with E-state index in [0.29, 0.717) is 12.6 Å². The van der Waals surface area contributed by atoms with Crippen molar-refractivity contribution < 1.29 is 4.74 Å². The van der Waals surface area contributed by atoms with Crippen LogP contribution in [0.3, 0.4) is 0 Å². The first kappa shape index (κ1) is 19.6. The molecule has 4 aliphatic rings. The van der Waals surface area contributed by atoms with E-state index in [4.69, 9.17) is 16.3 Å². The Morgan fingerprint density at radius 2 is 1.52 bits per heavy atom. The maximum atomic E-state index is 6.37. The second-order valence-electron chi connectivity index (χ2n) is 9.98. The summed E-state index contributed by atoms with van der Waals surface area (Å²) < 4.78 is 6.35. The van der Waals surface area contributed by atoms with Crippen molar-refractivity contribution in [1.82, 2.24) is 5.32 Å². The van der Waals surface area contributed by atoms with E-state index < -0.39 is 0 Å². The summed E-state index contributed by atoms with van der Waals surface area (Å²) in [5.41, 5.74) is 2.30. The second-order valence-corrected chi connectivity index (χ2v) is 10.4. The molecule has 31 heavy (non-hydrogen) atoms. The van der Waals surface area contributed by atoms with Gasteiger partial charge in [0.05, 0.1) is 0 Å². The van der Waals surface area contributed by atoms with Crippen LogP contribution in [0.4, 0.5) is 0 Å². The van der Waals surface area contributed by atoms with E-state index in [-0.39, 0.29) is 0 Å². The topological polar surface area (TPSA) is 21.3 Å². The van der Waals surface area contributed by atoms with Gasteiger partial charge in [-0.1, -0.05) is 60.1 Å². The zero-order chi connectivity index (χ0) is 20.8. The monoisotopic (exact) mass is 431 g/mol. The van der Waals surface area contributed by atoms with Crippen LogP contribution < -0.4 is 10.1 Å². The van der Waals surface area contributed by atoms with Gasteiger partial charge in [-0.25, -0.2) is 0 Å². The van der Waals surface area contributed by atoms with Crippen molar-refractivity contribution in [2.75, 3.05) is 0 Å². The number of benzene rings is 3. The molecule has 2 nitrogen and oxygen atoms in total. The lowest BCUT2D eigenvalue weighted by Gasteiger charge is -2.54. The molecule has 0 radical (unpaired) electrons. The molecule has 3 heteroatoms. The molecule has 0 spiro atoms. The molecule has 3 aromatic carbocycles. The van der Waals surface area contributed by atoms with E-state index in [9.17, 15) is 0 Å². The van der Waals surface area contributed by atoms with Gasteiger partial charge < -0.3 is 10.1 Å². The summed E-state index contributed by atoms with van der Waals surface area (Å²) in [5, 5.41) is 7.34. The van der Waals surface area contributed by atoms with Crippen molar-refractivity contribution in [2.45, 2.75) is 51.3 Å². The van der Waals surface area contributed by atoms with Crippen molar-refractivity contribution in [1.29, 1.82) is 0 Å². The molecule has 7 rings (SSSR count). The third-order valence-electron chi connectivity index (χ3n) is 8.08. The average Bonchev–Trinajstić information content (AvgIpc) is 2.78. The Bertz CT molecular complexity index is 1070. The number of hydrogen-bond acceptors (Lipinski definition) is 2. The number of rotatable bonds is 6. The van der Waals surface area contributed by atoms with E-state index in [0.717, 1.165) is 46.6 Å². The van der Waals surface area contributed by atoms with Crippen LogP contribution in [-0.2, 0) is 13.2 Å².